The number of nitrogens with zero attached hydrogens (tertiary/aromatic N) is 4. The number of aromatic nitrogens is 2. The number of carbonyl (C=O) groups is 1. The van der Waals surface area contributed by atoms with E-state index < -0.39 is 0 Å². The lowest BCUT2D eigenvalue weighted by Gasteiger charge is -2.37. The average Bonchev–Trinajstić information content (AvgIpc) is 2.67. The van der Waals surface area contributed by atoms with Crippen LogP contribution in [0.1, 0.15) is 23.2 Å². The average molecular weight is 354 g/mol. The number of pyridine rings is 2. The molecule has 2 aliphatic heterocycles. The van der Waals surface area contributed by atoms with Gasteiger partial charge in [-0.25, -0.2) is 4.98 Å². The highest BCUT2D eigenvalue weighted by molar-refractivity contribution is 5.94. The number of likely N-dealkylation sites (tertiary alicyclic amines) is 1. The highest BCUT2D eigenvalue weighted by atomic mass is 16.5. The molecule has 0 radical (unpaired) electrons. The minimum atomic E-state index is -0.270. The largest absolute Gasteiger partial charge is 0.489 e. The molecule has 0 bridgehead atoms. The fraction of sp³-hybridized carbons (Fsp3) is 0.421. The van der Waals surface area contributed by atoms with Gasteiger partial charge >= 0.3 is 0 Å². The van der Waals surface area contributed by atoms with E-state index in [0.29, 0.717) is 31.7 Å². The van der Waals surface area contributed by atoms with E-state index >= 15 is 0 Å². The molecule has 0 unspecified atom stereocenters. The van der Waals surface area contributed by atoms with Crippen LogP contribution in [0, 0.1) is 0 Å². The number of hydrogen-bond acceptors (Lipinski definition) is 6. The standard InChI is InChI=1S/C19H22N4O3/c24-15-12-23(13-15)18-4-3-14(10-21-18)19(25)22-8-5-16(6-9-22)26-17-2-1-7-20-11-17/h1-4,7,10-11,15-16,24H,5-6,8-9,12-13H2. The van der Waals surface area contributed by atoms with Gasteiger partial charge in [0, 0.05) is 51.4 Å². The van der Waals surface area contributed by atoms with Gasteiger partial charge in [-0.05, 0) is 24.3 Å². The number of carbonyl (C=O) groups excluding carboxylic acids is 1. The monoisotopic (exact) mass is 354 g/mol. The second kappa shape index (κ2) is 7.29. The molecule has 2 fully saturated rings. The molecule has 7 nitrogen and oxygen atoms in total. The molecule has 2 aromatic heterocycles. The summed E-state index contributed by atoms with van der Waals surface area (Å²) in [5.74, 6) is 1.58. The lowest BCUT2D eigenvalue weighted by atomic mass is 10.1. The van der Waals surface area contributed by atoms with Crippen molar-refractivity contribution in [3.8, 4) is 5.75 Å². The van der Waals surface area contributed by atoms with Gasteiger partial charge in [0.15, 0.2) is 0 Å². The van der Waals surface area contributed by atoms with Crippen LogP contribution >= 0.6 is 0 Å². The zero-order chi connectivity index (χ0) is 17.9. The lowest BCUT2D eigenvalue weighted by molar-refractivity contribution is 0.0594. The highest BCUT2D eigenvalue weighted by Crippen LogP contribution is 2.21. The van der Waals surface area contributed by atoms with Crippen LogP contribution in [0.4, 0.5) is 5.82 Å². The molecule has 0 aromatic carbocycles. The molecule has 0 atom stereocenters. The highest BCUT2D eigenvalue weighted by Gasteiger charge is 2.27. The topological polar surface area (TPSA) is 78.8 Å². The molecule has 0 saturated carbocycles. The minimum absolute atomic E-state index is 0.00696. The van der Waals surface area contributed by atoms with Gasteiger partial charge in [-0.3, -0.25) is 9.78 Å². The molecule has 26 heavy (non-hydrogen) atoms. The number of rotatable bonds is 4. The quantitative estimate of drug-likeness (QED) is 0.893. The van der Waals surface area contributed by atoms with Gasteiger partial charge in [-0.1, -0.05) is 0 Å². The van der Waals surface area contributed by atoms with Crippen molar-refractivity contribution >= 4 is 11.7 Å². The third kappa shape index (κ3) is 3.62. The summed E-state index contributed by atoms with van der Waals surface area (Å²) in [4.78, 5) is 24.9. The third-order valence-electron chi connectivity index (χ3n) is 4.85. The fourth-order valence-corrected chi connectivity index (χ4v) is 3.31. The summed E-state index contributed by atoms with van der Waals surface area (Å²) in [6.45, 7) is 2.54. The Balaban J connectivity index is 1.30. The van der Waals surface area contributed by atoms with Crippen LogP contribution in [-0.2, 0) is 0 Å². The molecule has 0 spiro atoms. The Morgan fingerprint density at radius 2 is 1.96 bits per heavy atom. The smallest absolute Gasteiger partial charge is 0.255 e. The first-order valence-corrected chi connectivity index (χ1v) is 8.94. The Bertz CT molecular complexity index is 739. The predicted octanol–water partition coefficient (Wildman–Crippen LogP) is 1.34. The number of aliphatic hydroxyl groups is 1. The summed E-state index contributed by atoms with van der Waals surface area (Å²) in [7, 11) is 0. The zero-order valence-corrected chi connectivity index (χ0v) is 14.5. The van der Waals surface area contributed by atoms with Crippen LogP contribution in [-0.4, -0.2) is 64.3 Å². The Hall–Kier alpha value is -2.67. The number of ether oxygens (including phenoxy) is 1. The maximum absolute atomic E-state index is 12.7. The zero-order valence-electron chi connectivity index (χ0n) is 14.5. The van der Waals surface area contributed by atoms with Crippen LogP contribution < -0.4 is 9.64 Å². The Labute approximate surface area is 152 Å². The lowest BCUT2D eigenvalue weighted by Crippen LogP contribution is -2.51. The minimum Gasteiger partial charge on any atom is -0.489 e. The van der Waals surface area contributed by atoms with Crippen LogP contribution in [0.15, 0.2) is 42.9 Å². The van der Waals surface area contributed by atoms with Gasteiger partial charge in [-0.2, -0.15) is 0 Å². The third-order valence-corrected chi connectivity index (χ3v) is 4.85. The van der Waals surface area contributed by atoms with Crippen molar-refractivity contribution in [1.82, 2.24) is 14.9 Å². The van der Waals surface area contributed by atoms with E-state index in [2.05, 4.69) is 9.97 Å². The van der Waals surface area contributed by atoms with E-state index in [1.807, 2.05) is 34.1 Å². The Morgan fingerprint density at radius 1 is 1.15 bits per heavy atom. The maximum atomic E-state index is 12.7. The fourth-order valence-electron chi connectivity index (χ4n) is 3.31. The number of anilines is 1. The Morgan fingerprint density at radius 3 is 2.58 bits per heavy atom. The summed E-state index contributed by atoms with van der Waals surface area (Å²) >= 11 is 0. The van der Waals surface area contributed by atoms with Crippen molar-refractivity contribution in [3.05, 3.63) is 48.4 Å². The summed E-state index contributed by atoms with van der Waals surface area (Å²) in [5.41, 5.74) is 0.599. The number of hydrogen-bond donors (Lipinski definition) is 1. The van der Waals surface area contributed by atoms with Crippen molar-refractivity contribution in [2.75, 3.05) is 31.1 Å². The molecule has 136 valence electrons. The number of β-amino-alcohol motifs (C(OH)–C–C–N with tert-alkyl or cyclic N) is 1. The summed E-state index contributed by atoms with van der Waals surface area (Å²) in [6, 6.07) is 7.41. The summed E-state index contributed by atoms with van der Waals surface area (Å²) in [5, 5.41) is 9.36. The van der Waals surface area contributed by atoms with Crippen molar-refractivity contribution in [2.24, 2.45) is 0 Å². The molecule has 2 saturated heterocycles. The van der Waals surface area contributed by atoms with Crippen molar-refractivity contribution in [1.29, 1.82) is 0 Å². The van der Waals surface area contributed by atoms with E-state index in [-0.39, 0.29) is 18.1 Å². The van der Waals surface area contributed by atoms with E-state index in [9.17, 15) is 9.90 Å². The van der Waals surface area contributed by atoms with Crippen molar-refractivity contribution in [2.45, 2.75) is 25.0 Å². The first-order chi connectivity index (χ1) is 12.7. The second-order valence-electron chi connectivity index (χ2n) is 6.76. The van der Waals surface area contributed by atoms with E-state index in [1.54, 1.807) is 18.6 Å². The molecule has 1 amide bonds. The molecule has 4 heterocycles. The van der Waals surface area contributed by atoms with E-state index in [1.165, 1.54) is 0 Å². The second-order valence-corrected chi connectivity index (χ2v) is 6.76. The predicted molar refractivity (Wildman–Crippen MR) is 96.2 cm³/mol. The van der Waals surface area contributed by atoms with Crippen molar-refractivity contribution in [3.63, 3.8) is 0 Å². The maximum Gasteiger partial charge on any atom is 0.255 e. The SMILES string of the molecule is O=C(c1ccc(N2CC(O)C2)nc1)N1CCC(Oc2cccnc2)CC1. The molecule has 2 aliphatic rings. The van der Waals surface area contributed by atoms with Gasteiger partial charge in [0.05, 0.1) is 17.9 Å². The number of piperidine rings is 1. The van der Waals surface area contributed by atoms with Gasteiger partial charge in [-0.15, -0.1) is 0 Å². The van der Waals surface area contributed by atoms with Crippen LogP contribution in [0.5, 0.6) is 5.75 Å². The van der Waals surface area contributed by atoms with Crippen LogP contribution in [0.3, 0.4) is 0 Å². The van der Waals surface area contributed by atoms with E-state index in [0.717, 1.165) is 24.4 Å². The summed E-state index contributed by atoms with van der Waals surface area (Å²) < 4.78 is 5.92. The van der Waals surface area contributed by atoms with Crippen LogP contribution in [0.2, 0.25) is 0 Å². The van der Waals surface area contributed by atoms with Crippen molar-refractivity contribution < 1.29 is 14.6 Å². The molecule has 1 N–H and O–H groups in total. The molecule has 4 rings (SSSR count). The molecule has 2 aromatic rings. The van der Waals surface area contributed by atoms with Gasteiger partial charge in [0.25, 0.3) is 5.91 Å². The van der Waals surface area contributed by atoms with Gasteiger partial charge < -0.3 is 19.6 Å². The van der Waals surface area contributed by atoms with Gasteiger partial charge in [0.1, 0.15) is 17.7 Å². The number of amides is 1. The normalized spacial score (nSPS) is 18.5. The van der Waals surface area contributed by atoms with Crippen LogP contribution in [0.25, 0.3) is 0 Å². The molecule has 7 heteroatoms. The van der Waals surface area contributed by atoms with E-state index in [4.69, 9.17) is 4.74 Å². The van der Waals surface area contributed by atoms with Gasteiger partial charge in [0.2, 0.25) is 0 Å². The molecular formula is C19H22N4O3. The first-order valence-electron chi connectivity index (χ1n) is 8.94. The summed E-state index contributed by atoms with van der Waals surface area (Å²) in [6.07, 6.45) is 6.50. The Kier molecular flexibility index (Phi) is 4.71. The molecular weight excluding hydrogens is 332 g/mol. The molecule has 0 aliphatic carbocycles. The number of aliphatic hydroxyl groups excluding tert-OH is 1. The first kappa shape index (κ1) is 16.8.